The van der Waals surface area contributed by atoms with Crippen molar-refractivity contribution in [3.8, 4) is 5.75 Å². The van der Waals surface area contributed by atoms with Crippen molar-refractivity contribution in [2.45, 2.75) is 51.2 Å². The topological polar surface area (TPSA) is 105 Å². The number of esters is 1. The first-order valence-electron chi connectivity index (χ1n) is 11.8. The van der Waals surface area contributed by atoms with Crippen LogP contribution in [0.5, 0.6) is 5.75 Å². The largest absolute Gasteiger partial charge is 0.497 e. The van der Waals surface area contributed by atoms with Crippen molar-refractivity contribution < 1.29 is 29.0 Å². The summed E-state index contributed by atoms with van der Waals surface area (Å²) in [4.78, 5) is 40.6. The third-order valence-electron chi connectivity index (χ3n) is 7.96. The van der Waals surface area contributed by atoms with Crippen LogP contribution in [0.2, 0.25) is 0 Å². The van der Waals surface area contributed by atoms with E-state index in [1.54, 1.807) is 7.11 Å². The Morgan fingerprint density at radius 3 is 2.76 bits per heavy atom. The van der Waals surface area contributed by atoms with Gasteiger partial charge in [-0.3, -0.25) is 14.4 Å². The number of rotatable bonds is 6. The molecule has 2 heterocycles. The number of amides is 2. The summed E-state index contributed by atoms with van der Waals surface area (Å²) >= 11 is 0. The number of benzene rings is 1. The van der Waals surface area contributed by atoms with E-state index in [0.29, 0.717) is 13.0 Å². The van der Waals surface area contributed by atoms with Crippen molar-refractivity contribution in [3.63, 3.8) is 0 Å². The molecule has 0 radical (unpaired) electrons. The monoisotopic (exact) mass is 458 g/mol. The fourth-order valence-electron chi connectivity index (χ4n) is 6.49. The Morgan fingerprint density at radius 1 is 1.33 bits per heavy atom. The lowest BCUT2D eigenvalue weighted by atomic mass is 9.76. The van der Waals surface area contributed by atoms with Crippen molar-refractivity contribution in [2.75, 3.05) is 27.3 Å². The molecule has 4 rings (SSSR count). The van der Waals surface area contributed by atoms with Crippen molar-refractivity contribution in [3.05, 3.63) is 29.3 Å². The fraction of sp³-hybridized carbons (Fsp3) is 0.640. The maximum absolute atomic E-state index is 13.4. The van der Waals surface area contributed by atoms with Gasteiger partial charge in [0.25, 0.3) is 0 Å². The molecule has 8 nitrogen and oxygen atoms in total. The lowest BCUT2D eigenvalue weighted by Crippen LogP contribution is -2.46. The summed E-state index contributed by atoms with van der Waals surface area (Å²) < 4.78 is 10.2. The molecule has 1 saturated heterocycles. The van der Waals surface area contributed by atoms with Gasteiger partial charge in [-0.1, -0.05) is 13.0 Å². The predicted octanol–water partition coefficient (Wildman–Crippen LogP) is 1.63. The van der Waals surface area contributed by atoms with Gasteiger partial charge in [0, 0.05) is 31.3 Å². The molecule has 5 unspecified atom stereocenters. The van der Waals surface area contributed by atoms with E-state index in [4.69, 9.17) is 9.47 Å². The van der Waals surface area contributed by atoms with Crippen LogP contribution in [0, 0.1) is 23.7 Å². The van der Waals surface area contributed by atoms with E-state index in [1.807, 2.05) is 11.0 Å². The molecule has 1 spiro atoms. The molecule has 2 N–H and O–H groups in total. The van der Waals surface area contributed by atoms with Crippen LogP contribution in [0.15, 0.2) is 18.2 Å². The van der Waals surface area contributed by atoms with Crippen LogP contribution >= 0.6 is 0 Å². The molecule has 8 heteroatoms. The number of nitrogens with one attached hydrogen (secondary N) is 1. The van der Waals surface area contributed by atoms with Gasteiger partial charge in [0.05, 0.1) is 31.8 Å². The zero-order chi connectivity index (χ0) is 23.9. The summed E-state index contributed by atoms with van der Waals surface area (Å²) in [5, 5.41) is 12.8. The number of aliphatic hydroxyl groups excluding tert-OH is 1. The van der Waals surface area contributed by atoms with E-state index in [9.17, 15) is 19.5 Å². The normalized spacial score (nSPS) is 29.9. The second-order valence-electron chi connectivity index (χ2n) is 9.73. The van der Waals surface area contributed by atoms with Gasteiger partial charge in [-0.2, -0.15) is 0 Å². The highest BCUT2D eigenvalue weighted by Crippen LogP contribution is 2.60. The number of aliphatic hydroxyl groups is 1. The van der Waals surface area contributed by atoms with E-state index in [1.165, 1.54) is 19.6 Å². The van der Waals surface area contributed by atoms with E-state index in [-0.39, 0.29) is 36.1 Å². The van der Waals surface area contributed by atoms with Crippen LogP contribution in [-0.2, 0) is 31.1 Å². The molecular formula is C25H34N2O6. The number of fused-ring (bicyclic) bond motifs is 1. The second-order valence-corrected chi connectivity index (χ2v) is 9.73. The van der Waals surface area contributed by atoms with Gasteiger partial charge in [-0.15, -0.1) is 0 Å². The van der Waals surface area contributed by atoms with Gasteiger partial charge in [0.2, 0.25) is 11.8 Å². The van der Waals surface area contributed by atoms with Crippen molar-refractivity contribution in [1.82, 2.24) is 10.2 Å². The van der Waals surface area contributed by atoms with E-state index < -0.39 is 23.5 Å². The minimum atomic E-state index is -0.947. The summed E-state index contributed by atoms with van der Waals surface area (Å²) in [5.74, 6) is -1.12. The first kappa shape index (κ1) is 23.5. The van der Waals surface area contributed by atoms with Gasteiger partial charge < -0.3 is 24.8 Å². The Kier molecular flexibility index (Phi) is 6.40. The predicted molar refractivity (Wildman–Crippen MR) is 120 cm³/mol. The number of nitrogens with zero attached hydrogens (tertiary/aromatic N) is 1. The Labute approximate surface area is 194 Å². The molecule has 1 saturated carbocycles. The number of hydrogen-bond acceptors (Lipinski definition) is 6. The van der Waals surface area contributed by atoms with Crippen molar-refractivity contribution >= 4 is 17.8 Å². The Morgan fingerprint density at radius 2 is 2.09 bits per heavy atom. The molecule has 2 aliphatic heterocycles. The summed E-state index contributed by atoms with van der Waals surface area (Å²) in [6, 6.07) is 6.08. The maximum Gasteiger partial charge on any atom is 0.313 e. The van der Waals surface area contributed by atoms with Crippen LogP contribution in [-0.4, -0.2) is 61.2 Å². The third kappa shape index (κ3) is 3.78. The van der Waals surface area contributed by atoms with Crippen LogP contribution < -0.4 is 10.1 Å². The highest BCUT2D eigenvalue weighted by molar-refractivity contribution is 5.86. The highest BCUT2D eigenvalue weighted by Gasteiger charge is 2.64. The molecule has 33 heavy (non-hydrogen) atoms. The Balaban J connectivity index is 1.65. The molecule has 0 aromatic heterocycles. The lowest BCUT2D eigenvalue weighted by molar-refractivity contribution is -0.149. The number of carbonyl (C=O) groups excluding carboxylic acids is 3. The minimum Gasteiger partial charge on any atom is -0.497 e. The molecular weight excluding hydrogens is 424 g/mol. The molecule has 1 aliphatic carbocycles. The maximum atomic E-state index is 13.4. The van der Waals surface area contributed by atoms with E-state index >= 15 is 0 Å². The SMILES string of the molecule is COC(=O)C(CNC(=O)C1C2CC(=O)N3CCCc4cc(OC)ccc4C23C[C@@H]1C)C(C)O. The first-order valence-corrected chi connectivity index (χ1v) is 11.8. The fourth-order valence-corrected chi connectivity index (χ4v) is 6.49. The molecule has 180 valence electrons. The van der Waals surface area contributed by atoms with Gasteiger partial charge in [-0.05, 0) is 55.4 Å². The average molecular weight is 459 g/mol. The highest BCUT2D eigenvalue weighted by atomic mass is 16.5. The standard InChI is InChI=1S/C25H34N2O6/c1-14-12-25-19-8-7-17(32-3)10-16(19)6-5-9-27(25)21(29)11-20(25)22(14)23(30)26-13-18(15(2)28)24(31)33-4/h7-8,10,14-15,18,20,22,28H,5-6,9,11-13H2,1-4H3,(H,26,30)/t14-,15?,18?,20?,22?,25?/m0/s1. The smallest absolute Gasteiger partial charge is 0.313 e. The number of hydrogen-bond donors (Lipinski definition) is 2. The van der Waals surface area contributed by atoms with Gasteiger partial charge in [0.1, 0.15) is 5.75 Å². The van der Waals surface area contributed by atoms with Crippen LogP contribution in [0.4, 0.5) is 0 Å². The number of methoxy groups -OCH3 is 2. The van der Waals surface area contributed by atoms with Gasteiger partial charge in [-0.25, -0.2) is 0 Å². The van der Waals surface area contributed by atoms with Gasteiger partial charge >= 0.3 is 5.97 Å². The summed E-state index contributed by atoms with van der Waals surface area (Å²) in [7, 11) is 2.91. The molecule has 1 aromatic carbocycles. The van der Waals surface area contributed by atoms with E-state index in [0.717, 1.165) is 30.6 Å². The number of aryl methyl sites for hydroxylation is 1. The van der Waals surface area contributed by atoms with Crippen molar-refractivity contribution in [1.29, 1.82) is 0 Å². The zero-order valence-electron chi connectivity index (χ0n) is 19.8. The first-order chi connectivity index (χ1) is 15.7. The molecule has 0 bridgehead atoms. The third-order valence-corrected chi connectivity index (χ3v) is 7.96. The molecule has 2 amide bonds. The Hall–Kier alpha value is -2.61. The number of carbonyl (C=O) groups is 3. The van der Waals surface area contributed by atoms with Gasteiger partial charge in [0.15, 0.2) is 0 Å². The molecule has 2 fully saturated rings. The summed E-state index contributed by atoms with van der Waals surface area (Å²) in [6.45, 7) is 4.25. The minimum absolute atomic E-state index is 0.00242. The van der Waals surface area contributed by atoms with E-state index in [2.05, 4.69) is 24.4 Å². The Bertz CT molecular complexity index is 947. The van der Waals surface area contributed by atoms with Crippen LogP contribution in [0.25, 0.3) is 0 Å². The quantitative estimate of drug-likeness (QED) is 0.628. The van der Waals surface area contributed by atoms with Crippen LogP contribution in [0.3, 0.4) is 0 Å². The zero-order valence-corrected chi connectivity index (χ0v) is 19.8. The lowest BCUT2D eigenvalue weighted by Gasteiger charge is -2.39. The molecule has 6 atom stereocenters. The number of ether oxygens (including phenoxy) is 2. The van der Waals surface area contributed by atoms with Crippen LogP contribution in [0.1, 0.15) is 44.2 Å². The summed E-state index contributed by atoms with van der Waals surface area (Å²) in [5.41, 5.74) is 1.82. The van der Waals surface area contributed by atoms with Crippen molar-refractivity contribution in [2.24, 2.45) is 23.7 Å². The molecule has 1 aromatic rings. The molecule has 3 aliphatic rings. The second kappa shape index (κ2) is 8.97. The summed E-state index contributed by atoms with van der Waals surface area (Å²) in [6.07, 6.45) is 1.85. The average Bonchev–Trinajstić information content (AvgIpc) is 3.14.